The summed E-state index contributed by atoms with van der Waals surface area (Å²) in [6, 6.07) is 7.43. The molecule has 0 spiro atoms. The van der Waals surface area contributed by atoms with Crippen LogP contribution in [0.25, 0.3) is 0 Å². The molecule has 8 heteroatoms. The monoisotopic (exact) mass is 316 g/mol. The van der Waals surface area contributed by atoms with Crippen LogP contribution >= 0.6 is 0 Å². The molecule has 5 nitrogen and oxygen atoms in total. The minimum Gasteiger partial charge on any atom is -0.382 e. The van der Waals surface area contributed by atoms with Crippen molar-refractivity contribution in [2.24, 2.45) is 0 Å². The Morgan fingerprint density at radius 1 is 1.23 bits per heavy atom. The second kappa shape index (κ2) is 6.35. The average Bonchev–Trinajstić information content (AvgIpc) is 2.73. The third kappa shape index (κ3) is 3.76. The highest BCUT2D eigenvalue weighted by Crippen LogP contribution is 2.22. The Labute approximate surface area is 124 Å². The zero-order valence-electron chi connectivity index (χ0n) is 11.5. The molecule has 120 valence electrons. The summed E-state index contributed by atoms with van der Waals surface area (Å²) in [4.78, 5) is 24.0. The van der Waals surface area contributed by atoms with Gasteiger partial charge in [-0.3, -0.25) is 9.69 Å². The molecule has 2 atom stereocenters. The van der Waals surface area contributed by atoms with Crippen LogP contribution in [0.1, 0.15) is 12.0 Å². The molecular weight excluding hydrogens is 301 g/mol. The Bertz CT molecular complexity index is 548. The first-order valence-corrected chi connectivity index (χ1v) is 6.69. The lowest BCUT2D eigenvalue weighted by Crippen LogP contribution is -2.44. The summed E-state index contributed by atoms with van der Waals surface area (Å²) in [5.74, 6) is -0.746. The number of aliphatic hydroxyl groups excluding tert-OH is 1. The number of aryl methyl sites for hydroxylation is 1. The zero-order valence-corrected chi connectivity index (χ0v) is 11.5. The normalized spacial score (nSPS) is 20.2. The smallest absolute Gasteiger partial charge is 0.382 e. The van der Waals surface area contributed by atoms with E-state index in [1.165, 1.54) is 0 Å². The number of aliphatic hydroxyl groups is 1. The van der Waals surface area contributed by atoms with Crippen LogP contribution in [0.4, 0.5) is 18.0 Å². The van der Waals surface area contributed by atoms with E-state index in [4.69, 9.17) is 5.11 Å². The Hall–Kier alpha value is -2.09. The van der Waals surface area contributed by atoms with Crippen molar-refractivity contribution in [3.63, 3.8) is 0 Å². The Balaban J connectivity index is 1.94. The molecule has 1 aliphatic rings. The molecular formula is C14H15F3N2O3. The van der Waals surface area contributed by atoms with Crippen LogP contribution in [0.2, 0.25) is 0 Å². The first-order valence-electron chi connectivity index (χ1n) is 6.69. The Morgan fingerprint density at radius 2 is 1.86 bits per heavy atom. The molecule has 1 aromatic rings. The van der Waals surface area contributed by atoms with Crippen molar-refractivity contribution >= 4 is 11.9 Å². The van der Waals surface area contributed by atoms with E-state index in [0.717, 1.165) is 5.56 Å². The maximum atomic E-state index is 12.3. The second-order valence-corrected chi connectivity index (χ2v) is 5.03. The van der Waals surface area contributed by atoms with Gasteiger partial charge in [0.25, 0.3) is 5.91 Å². The number of benzene rings is 1. The number of carbonyl (C=O) groups excluding carboxylic acids is 2. The van der Waals surface area contributed by atoms with E-state index in [-0.39, 0.29) is 6.42 Å². The van der Waals surface area contributed by atoms with Gasteiger partial charge in [-0.05, 0) is 18.4 Å². The predicted molar refractivity (Wildman–Crippen MR) is 70.9 cm³/mol. The van der Waals surface area contributed by atoms with Crippen LogP contribution in [-0.2, 0) is 11.2 Å². The summed E-state index contributed by atoms with van der Waals surface area (Å²) in [5.41, 5.74) is 0.957. The lowest BCUT2D eigenvalue weighted by molar-refractivity contribution is -0.206. The number of β-amino-alcohol motifs (C(OH)–C–C–N with tert-alkyl or cyclic N) is 1. The highest BCUT2D eigenvalue weighted by atomic mass is 19.4. The van der Waals surface area contributed by atoms with Gasteiger partial charge in [-0.15, -0.1) is 0 Å². The number of hydrogen-bond donors (Lipinski definition) is 2. The summed E-state index contributed by atoms with van der Waals surface area (Å²) < 4.78 is 36.9. The fraction of sp³-hybridized carbons (Fsp3) is 0.429. The van der Waals surface area contributed by atoms with E-state index in [0.29, 0.717) is 11.3 Å². The minimum atomic E-state index is -4.87. The van der Waals surface area contributed by atoms with Crippen molar-refractivity contribution < 1.29 is 27.9 Å². The summed E-state index contributed by atoms with van der Waals surface area (Å²) >= 11 is 0. The third-order valence-electron chi connectivity index (χ3n) is 3.40. The molecule has 3 amide bonds. The number of nitrogens with zero attached hydrogens (tertiary/aromatic N) is 1. The van der Waals surface area contributed by atoms with Gasteiger partial charge in [-0.2, -0.15) is 13.2 Å². The van der Waals surface area contributed by atoms with E-state index in [1.807, 2.05) is 30.3 Å². The minimum absolute atomic E-state index is 0.285. The molecule has 0 aliphatic carbocycles. The maximum Gasteiger partial charge on any atom is 0.416 e. The number of nitrogens with one attached hydrogen (secondary N) is 1. The topological polar surface area (TPSA) is 69.6 Å². The molecule has 0 bridgehead atoms. The van der Waals surface area contributed by atoms with E-state index >= 15 is 0 Å². The van der Waals surface area contributed by atoms with Gasteiger partial charge in [0.2, 0.25) is 0 Å². The van der Waals surface area contributed by atoms with E-state index < -0.39 is 36.8 Å². The van der Waals surface area contributed by atoms with Crippen LogP contribution in [0.3, 0.4) is 0 Å². The third-order valence-corrected chi connectivity index (χ3v) is 3.40. The van der Waals surface area contributed by atoms with Gasteiger partial charge in [0.15, 0.2) is 6.10 Å². The molecule has 1 heterocycles. The van der Waals surface area contributed by atoms with Crippen molar-refractivity contribution in [3.8, 4) is 0 Å². The lowest BCUT2D eigenvalue weighted by atomic mass is 10.1. The molecule has 1 aromatic carbocycles. The van der Waals surface area contributed by atoms with Crippen molar-refractivity contribution in [1.29, 1.82) is 0 Å². The Kier molecular flexibility index (Phi) is 4.70. The number of rotatable bonds is 5. The standard InChI is InChI=1S/C14H15F3N2O3/c15-14(16,17)11(20)8-19-12(21)10(18-13(19)22)7-6-9-4-2-1-3-5-9/h1-5,10-11,20H,6-8H2,(H,18,22)/t10-,11-/m1/s1. The van der Waals surface area contributed by atoms with Gasteiger partial charge in [0, 0.05) is 0 Å². The van der Waals surface area contributed by atoms with Crippen LogP contribution in [0.15, 0.2) is 30.3 Å². The van der Waals surface area contributed by atoms with E-state index in [1.54, 1.807) is 0 Å². The van der Waals surface area contributed by atoms with Crippen LogP contribution in [-0.4, -0.2) is 46.8 Å². The van der Waals surface area contributed by atoms with Crippen LogP contribution in [0.5, 0.6) is 0 Å². The summed E-state index contributed by atoms with van der Waals surface area (Å²) in [5, 5.41) is 11.3. The average molecular weight is 316 g/mol. The number of amides is 3. The molecule has 2 N–H and O–H groups in total. The van der Waals surface area contributed by atoms with Crippen molar-refractivity contribution in [1.82, 2.24) is 10.2 Å². The number of carbonyl (C=O) groups is 2. The molecule has 0 aromatic heterocycles. The largest absolute Gasteiger partial charge is 0.416 e. The van der Waals surface area contributed by atoms with Gasteiger partial charge in [-0.1, -0.05) is 30.3 Å². The molecule has 0 radical (unpaired) electrons. The molecule has 0 saturated carbocycles. The van der Waals surface area contributed by atoms with Gasteiger partial charge in [0.05, 0.1) is 6.54 Å². The Morgan fingerprint density at radius 3 is 2.45 bits per heavy atom. The quantitative estimate of drug-likeness (QED) is 0.808. The van der Waals surface area contributed by atoms with Gasteiger partial charge < -0.3 is 10.4 Å². The SMILES string of the molecule is O=C1N[C@H](CCc2ccccc2)C(=O)N1C[C@@H](O)C(F)(F)F. The van der Waals surface area contributed by atoms with Crippen LogP contribution in [0, 0.1) is 0 Å². The van der Waals surface area contributed by atoms with Crippen molar-refractivity contribution in [2.75, 3.05) is 6.54 Å². The molecule has 22 heavy (non-hydrogen) atoms. The first-order chi connectivity index (χ1) is 10.3. The molecule has 0 unspecified atom stereocenters. The molecule has 2 rings (SSSR count). The fourth-order valence-electron chi connectivity index (χ4n) is 2.18. The highest BCUT2D eigenvalue weighted by molar-refractivity contribution is 6.04. The lowest BCUT2D eigenvalue weighted by Gasteiger charge is -2.19. The van der Waals surface area contributed by atoms with Gasteiger partial charge >= 0.3 is 12.2 Å². The predicted octanol–water partition coefficient (Wildman–Crippen LogP) is 1.46. The van der Waals surface area contributed by atoms with Gasteiger partial charge in [0.1, 0.15) is 6.04 Å². The first kappa shape index (κ1) is 16.3. The second-order valence-electron chi connectivity index (χ2n) is 5.03. The number of urea groups is 1. The van der Waals surface area contributed by atoms with Gasteiger partial charge in [-0.25, -0.2) is 4.79 Å². The number of imide groups is 1. The van der Waals surface area contributed by atoms with E-state index in [9.17, 15) is 22.8 Å². The molecule has 1 aliphatic heterocycles. The number of halogens is 3. The number of hydrogen-bond acceptors (Lipinski definition) is 3. The zero-order chi connectivity index (χ0) is 16.3. The van der Waals surface area contributed by atoms with Crippen molar-refractivity contribution in [3.05, 3.63) is 35.9 Å². The van der Waals surface area contributed by atoms with Crippen molar-refractivity contribution in [2.45, 2.75) is 31.2 Å². The number of alkyl halides is 3. The summed E-state index contributed by atoms with van der Waals surface area (Å²) in [7, 11) is 0. The van der Waals surface area contributed by atoms with Crippen LogP contribution < -0.4 is 5.32 Å². The summed E-state index contributed by atoms with van der Waals surface area (Å²) in [6.45, 7) is -1.09. The molecule has 1 fully saturated rings. The summed E-state index contributed by atoms with van der Waals surface area (Å²) in [6.07, 6.45) is -6.82. The highest BCUT2D eigenvalue weighted by Gasteiger charge is 2.45. The van der Waals surface area contributed by atoms with E-state index in [2.05, 4.69) is 5.32 Å². The maximum absolute atomic E-state index is 12.3. The fourth-order valence-corrected chi connectivity index (χ4v) is 2.18. The molecule has 1 saturated heterocycles.